The lowest BCUT2D eigenvalue weighted by molar-refractivity contribution is -0.134. The highest BCUT2D eigenvalue weighted by Crippen LogP contribution is 2.39. The highest BCUT2D eigenvalue weighted by molar-refractivity contribution is 7.15. The van der Waals surface area contributed by atoms with Crippen LogP contribution >= 0.6 is 22.9 Å². The van der Waals surface area contributed by atoms with Crippen molar-refractivity contribution >= 4 is 52.1 Å². The van der Waals surface area contributed by atoms with Crippen LogP contribution < -0.4 is 10.6 Å². The van der Waals surface area contributed by atoms with Crippen molar-refractivity contribution in [3.05, 3.63) is 92.3 Å². The molecule has 11 nitrogen and oxygen atoms in total. The molecule has 3 aliphatic heterocycles. The highest BCUT2D eigenvalue weighted by atomic mass is 35.5. The minimum atomic E-state index is -0.492. The summed E-state index contributed by atoms with van der Waals surface area (Å²) in [6.45, 7) is 9.73. The van der Waals surface area contributed by atoms with Crippen LogP contribution in [-0.4, -0.2) is 80.2 Å². The van der Waals surface area contributed by atoms with Gasteiger partial charge in [-0.1, -0.05) is 35.9 Å². The Labute approximate surface area is 288 Å². The number of nitrogens with one attached hydrogen (secondary N) is 2. The van der Waals surface area contributed by atoms with Crippen molar-refractivity contribution in [3.63, 3.8) is 0 Å². The number of nitrogens with zero attached hydrogens (tertiary/aromatic N) is 6. The molecule has 2 aromatic heterocycles. The summed E-state index contributed by atoms with van der Waals surface area (Å²) >= 11 is 7.94. The molecular weight excluding hydrogens is 648 g/mol. The van der Waals surface area contributed by atoms with Crippen LogP contribution in [-0.2, 0) is 20.9 Å². The van der Waals surface area contributed by atoms with Crippen molar-refractivity contribution in [1.82, 2.24) is 29.9 Å². The number of carbonyl (C=O) groups excluding carboxylic acids is 3. The van der Waals surface area contributed by atoms with Crippen LogP contribution in [0.15, 0.2) is 53.5 Å². The molecule has 48 heavy (non-hydrogen) atoms. The maximum Gasteiger partial charge on any atom is 0.249 e. The fourth-order valence-electron chi connectivity index (χ4n) is 6.58. The number of hydrogen-bond donors (Lipinski definition) is 2. The van der Waals surface area contributed by atoms with E-state index in [1.807, 2.05) is 60.4 Å². The topological polar surface area (TPSA) is 125 Å². The van der Waals surface area contributed by atoms with Crippen LogP contribution in [0.5, 0.6) is 0 Å². The number of piperazine rings is 1. The van der Waals surface area contributed by atoms with Gasteiger partial charge < -0.3 is 10.2 Å². The second-order valence-electron chi connectivity index (χ2n) is 12.6. The van der Waals surface area contributed by atoms with E-state index in [9.17, 15) is 14.4 Å². The SMILES string of the molecule is Cc1sc2c(c1C)C(c1ccc(Cl)cc1)=N[C@@H](CC(=O)N1CCN(Cc3ccc(NC4CCC(=O)NC4=O)cc3)CC1)c1nnc(C)n1-2. The number of halogens is 1. The Bertz CT molecular complexity index is 1910. The van der Waals surface area contributed by atoms with E-state index in [1.165, 1.54) is 4.88 Å². The molecule has 7 rings (SSSR count). The molecular formula is C35H37ClN8O3S. The molecule has 2 fully saturated rings. The summed E-state index contributed by atoms with van der Waals surface area (Å²) in [5, 5.41) is 16.3. The average Bonchev–Trinajstić information content (AvgIpc) is 3.55. The normalized spacial score (nSPS) is 19.7. The number of piperidine rings is 1. The summed E-state index contributed by atoms with van der Waals surface area (Å²) in [7, 11) is 0. The van der Waals surface area contributed by atoms with E-state index in [0.29, 0.717) is 36.8 Å². The third-order valence-electron chi connectivity index (χ3n) is 9.39. The van der Waals surface area contributed by atoms with E-state index in [4.69, 9.17) is 16.6 Å². The summed E-state index contributed by atoms with van der Waals surface area (Å²) in [6, 6.07) is 14.8. The molecule has 13 heteroatoms. The summed E-state index contributed by atoms with van der Waals surface area (Å²) in [6.07, 6.45) is 1.02. The van der Waals surface area contributed by atoms with Gasteiger partial charge in [0.1, 0.15) is 22.9 Å². The number of aryl methyl sites for hydroxylation is 2. The van der Waals surface area contributed by atoms with Gasteiger partial charge in [-0.3, -0.25) is 34.2 Å². The monoisotopic (exact) mass is 684 g/mol. The Kier molecular flexibility index (Phi) is 8.88. The third-order valence-corrected chi connectivity index (χ3v) is 10.8. The molecule has 0 saturated carbocycles. The maximum atomic E-state index is 13.8. The van der Waals surface area contributed by atoms with Gasteiger partial charge >= 0.3 is 0 Å². The van der Waals surface area contributed by atoms with E-state index in [1.54, 1.807) is 11.3 Å². The molecule has 248 valence electrons. The standard InChI is InChI=1S/C35H37ClN8O3S/c1-20-21(2)48-35-31(20)32(24-6-8-25(36)9-7-24)38-28(33-41-40-22(3)44(33)35)18-30(46)43-16-14-42(15-17-43)19-23-4-10-26(11-5-23)37-27-12-13-29(45)39-34(27)47/h4-11,27-28,37H,12-19H2,1-3H3,(H,39,45,47)/t27?,28-/m0/s1. The van der Waals surface area contributed by atoms with Gasteiger partial charge in [0.15, 0.2) is 5.82 Å². The van der Waals surface area contributed by atoms with E-state index in [0.717, 1.165) is 64.1 Å². The van der Waals surface area contributed by atoms with Crippen molar-refractivity contribution in [2.75, 3.05) is 31.5 Å². The summed E-state index contributed by atoms with van der Waals surface area (Å²) in [5.41, 5.74) is 5.99. The number of benzene rings is 2. The zero-order chi connectivity index (χ0) is 33.5. The van der Waals surface area contributed by atoms with Crippen molar-refractivity contribution in [3.8, 4) is 5.00 Å². The van der Waals surface area contributed by atoms with Crippen LogP contribution in [0.3, 0.4) is 0 Å². The zero-order valence-electron chi connectivity index (χ0n) is 27.1. The number of aliphatic imine (C=N–C) groups is 1. The van der Waals surface area contributed by atoms with E-state index < -0.39 is 12.1 Å². The molecule has 0 spiro atoms. The van der Waals surface area contributed by atoms with Crippen LogP contribution in [0, 0.1) is 20.8 Å². The summed E-state index contributed by atoms with van der Waals surface area (Å²) in [5.74, 6) is 0.994. The van der Waals surface area contributed by atoms with Crippen LogP contribution in [0.2, 0.25) is 5.02 Å². The maximum absolute atomic E-state index is 13.8. The molecule has 1 unspecified atom stereocenters. The fraction of sp³-hybridized carbons (Fsp3) is 0.371. The Morgan fingerprint density at radius 3 is 2.44 bits per heavy atom. The Morgan fingerprint density at radius 1 is 1.00 bits per heavy atom. The molecule has 0 bridgehead atoms. The number of aromatic nitrogens is 3. The van der Waals surface area contributed by atoms with Gasteiger partial charge in [0.25, 0.3) is 0 Å². The predicted octanol–water partition coefficient (Wildman–Crippen LogP) is 4.75. The minimum absolute atomic E-state index is 0.0492. The Hall–Kier alpha value is -4.39. The molecule has 3 amide bonds. The zero-order valence-corrected chi connectivity index (χ0v) is 28.7. The van der Waals surface area contributed by atoms with Crippen molar-refractivity contribution in [2.24, 2.45) is 4.99 Å². The summed E-state index contributed by atoms with van der Waals surface area (Å²) < 4.78 is 2.08. The van der Waals surface area contributed by atoms with Gasteiger partial charge in [-0.05, 0) is 62.6 Å². The van der Waals surface area contributed by atoms with Gasteiger partial charge in [0.2, 0.25) is 17.7 Å². The lowest BCUT2D eigenvalue weighted by Gasteiger charge is -2.35. The number of hydrogen-bond acceptors (Lipinski definition) is 9. The molecule has 2 atom stereocenters. The number of fused-ring (bicyclic) bond motifs is 3. The van der Waals surface area contributed by atoms with Crippen LogP contribution in [0.1, 0.15) is 64.1 Å². The average molecular weight is 685 g/mol. The number of amides is 3. The van der Waals surface area contributed by atoms with Gasteiger partial charge in [-0.15, -0.1) is 21.5 Å². The molecule has 3 aliphatic rings. The second kappa shape index (κ2) is 13.3. The van der Waals surface area contributed by atoms with E-state index >= 15 is 0 Å². The van der Waals surface area contributed by atoms with E-state index in [2.05, 4.69) is 44.1 Å². The van der Waals surface area contributed by atoms with Crippen LogP contribution in [0.25, 0.3) is 5.00 Å². The number of anilines is 1. The molecule has 2 N–H and O–H groups in total. The lowest BCUT2D eigenvalue weighted by atomic mass is 9.99. The smallest absolute Gasteiger partial charge is 0.249 e. The first-order valence-electron chi connectivity index (χ1n) is 16.2. The predicted molar refractivity (Wildman–Crippen MR) is 186 cm³/mol. The molecule has 2 aromatic carbocycles. The lowest BCUT2D eigenvalue weighted by Crippen LogP contribution is -2.48. The molecule has 4 aromatic rings. The van der Waals surface area contributed by atoms with Crippen LogP contribution in [0.4, 0.5) is 5.69 Å². The number of thiophene rings is 1. The van der Waals surface area contributed by atoms with Gasteiger partial charge in [-0.25, -0.2) is 0 Å². The van der Waals surface area contributed by atoms with Crippen molar-refractivity contribution in [1.29, 1.82) is 0 Å². The first kappa shape index (κ1) is 32.2. The minimum Gasteiger partial charge on any atom is -0.374 e. The van der Waals surface area contributed by atoms with E-state index in [-0.39, 0.29) is 24.1 Å². The number of imide groups is 1. The third kappa shape index (κ3) is 6.39. The number of rotatable bonds is 7. The number of carbonyl (C=O) groups is 3. The van der Waals surface area contributed by atoms with Crippen molar-refractivity contribution < 1.29 is 14.4 Å². The first-order chi connectivity index (χ1) is 23.1. The second-order valence-corrected chi connectivity index (χ2v) is 14.3. The molecule has 0 aliphatic carbocycles. The quantitative estimate of drug-likeness (QED) is 0.269. The van der Waals surface area contributed by atoms with Gasteiger partial charge in [0, 0.05) is 65.9 Å². The summed E-state index contributed by atoms with van der Waals surface area (Å²) in [4.78, 5) is 48.1. The fourth-order valence-corrected chi connectivity index (χ4v) is 7.92. The largest absolute Gasteiger partial charge is 0.374 e. The Morgan fingerprint density at radius 2 is 1.73 bits per heavy atom. The Balaban J connectivity index is 1.02. The van der Waals surface area contributed by atoms with Gasteiger partial charge in [0.05, 0.1) is 12.1 Å². The molecule has 2 saturated heterocycles. The first-order valence-corrected chi connectivity index (χ1v) is 17.4. The highest BCUT2D eigenvalue weighted by Gasteiger charge is 2.34. The molecule has 0 radical (unpaired) electrons. The van der Waals surface area contributed by atoms with Crippen molar-refractivity contribution in [2.45, 2.75) is 58.7 Å². The van der Waals surface area contributed by atoms with Gasteiger partial charge in [-0.2, -0.15) is 0 Å². The molecule has 5 heterocycles.